The van der Waals surface area contributed by atoms with Crippen molar-refractivity contribution in [1.82, 2.24) is 0 Å². The fourth-order valence-corrected chi connectivity index (χ4v) is 3.07. The number of hydrogen-bond acceptors (Lipinski definition) is 3. The van der Waals surface area contributed by atoms with E-state index in [-0.39, 0.29) is 5.78 Å². The minimum Gasteiger partial charge on any atom is -0.491 e. The summed E-state index contributed by atoms with van der Waals surface area (Å²) in [6, 6.07) is 6.72. The Morgan fingerprint density at radius 3 is 2.45 bits per heavy atom. The maximum atomic E-state index is 11.7. The SMILES string of the molecule is C=C(C)CCOc1ccc(C(C)=O)cc1N1[C@H](C)CC[C@H]1C. The molecule has 120 valence electrons. The molecule has 3 heteroatoms. The second-order valence-corrected chi connectivity index (χ2v) is 6.48. The van der Waals surface area contributed by atoms with E-state index in [1.54, 1.807) is 6.92 Å². The summed E-state index contributed by atoms with van der Waals surface area (Å²) in [4.78, 5) is 14.1. The molecular weight excluding hydrogens is 274 g/mol. The van der Waals surface area contributed by atoms with Gasteiger partial charge in [0, 0.05) is 24.1 Å². The molecular formula is C19H27NO2. The summed E-state index contributed by atoms with van der Waals surface area (Å²) in [6.07, 6.45) is 3.20. The lowest BCUT2D eigenvalue weighted by molar-refractivity contribution is 0.101. The Morgan fingerprint density at radius 1 is 1.27 bits per heavy atom. The van der Waals surface area contributed by atoms with E-state index in [1.807, 2.05) is 25.1 Å². The molecule has 1 aliphatic heterocycles. The van der Waals surface area contributed by atoms with E-state index >= 15 is 0 Å². The highest BCUT2D eigenvalue weighted by Crippen LogP contribution is 2.37. The van der Waals surface area contributed by atoms with E-state index in [0.717, 1.165) is 29.0 Å². The molecule has 0 aliphatic carbocycles. The number of carbonyl (C=O) groups is 1. The number of benzene rings is 1. The van der Waals surface area contributed by atoms with Crippen molar-refractivity contribution in [2.24, 2.45) is 0 Å². The standard InChI is InChI=1S/C19H27NO2/c1-13(2)10-11-22-19-9-8-17(16(5)21)12-18(19)20-14(3)6-7-15(20)4/h8-9,12,14-15H,1,6-7,10-11H2,2-5H3/t14-,15-/m1/s1. The number of rotatable bonds is 6. The molecule has 0 amide bonds. The molecule has 1 aliphatic rings. The molecule has 1 aromatic carbocycles. The molecule has 1 fully saturated rings. The average molecular weight is 301 g/mol. The van der Waals surface area contributed by atoms with Crippen molar-refractivity contribution in [1.29, 1.82) is 0 Å². The first-order chi connectivity index (χ1) is 10.4. The summed E-state index contributed by atoms with van der Waals surface area (Å²) in [5.41, 5.74) is 2.91. The van der Waals surface area contributed by atoms with Crippen molar-refractivity contribution in [3.8, 4) is 5.75 Å². The lowest BCUT2D eigenvalue weighted by Crippen LogP contribution is -2.33. The molecule has 0 spiro atoms. The van der Waals surface area contributed by atoms with Crippen LogP contribution in [-0.2, 0) is 0 Å². The lowest BCUT2D eigenvalue weighted by Gasteiger charge is -2.30. The van der Waals surface area contributed by atoms with Gasteiger partial charge in [0.15, 0.2) is 5.78 Å². The number of Topliss-reactive ketones (excluding diaryl/α,β-unsaturated/α-hetero) is 1. The summed E-state index contributed by atoms with van der Waals surface area (Å²) < 4.78 is 5.98. The number of carbonyl (C=O) groups excluding carboxylic acids is 1. The number of hydrogen-bond donors (Lipinski definition) is 0. The van der Waals surface area contributed by atoms with Crippen LogP contribution in [0.1, 0.15) is 57.3 Å². The second-order valence-electron chi connectivity index (χ2n) is 6.48. The van der Waals surface area contributed by atoms with Crippen LogP contribution in [0.15, 0.2) is 30.4 Å². The number of anilines is 1. The average Bonchev–Trinajstić information content (AvgIpc) is 2.78. The number of ketones is 1. The first-order valence-electron chi connectivity index (χ1n) is 8.10. The van der Waals surface area contributed by atoms with Crippen LogP contribution in [0.4, 0.5) is 5.69 Å². The van der Waals surface area contributed by atoms with E-state index in [9.17, 15) is 4.79 Å². The largest absolute Gasteiger partial charge is 0.491 e. The maximum Gasteiger partial charge on any atom is 0.159 e. The fraction of sp³-hybridized carbons (Fsp3) is 0.526. The zero-order chi connectivity index (χ0) is 16.3. The third-order valence-electron chi connectivity index (χ3n) is 4.38. The zero-order valence-electron chi connectivity index (χ0n) is 14.2. The molecule has 1 aromatic rings. The summed E-state index contributed by atoms with van der Waals surface area (Å²) in [5, 5.41) is 0. The van der Waals surface area contributed by atoms with E-state index < -0.39 is 0 Å². The van der Waals surface area contributed by atoms with E-state index in [1.165, 1.54) is 12.8 Å². The van der Waals surface area contributed by atoms with E-state index in [2.05, 4.69) is 25.3 Å². The summed E-state index contributed by atoms with van der Waals surface area (Å²) in [7, 11) is 0. The van der Waals surface area contributed by atoms with Crippen LogP contribution in [0.3, 0.4) is 0 Å². The van der Waals surface area contributed by atoms with Crippen molar-refractivity contribution in [3.63, 3.8) is 0 Å². The van der Waals surface area contributed by atoms with Crippen LogP contribution >= 0.6 is 0 Å². The monoisotopic (exact) mass is 301 g/mol. The van der Waals surface area contributed by atoms with Gasteiger partial charge in [-0.05, 0) is 58.7 Å². The molecule has 22 heavy (non-hydrogen) atoms. The van der Waals surface area contributed by atoms with E-state index in [4.69, 9.17) is 4.74 Å². The van der Waals surface area contributed by atoms with Gasteiger partial charge in [-0.1, -0.05) is 5.57 Å². The molecule has 3 nitrogen and oxygen atoms in total. The Kier molecular flexibility index (Phi) is 5.28. The van der Waals surface area contributed by atoms with Crippen LogP contribution in [-0.4, -0.2) is 24.5 Å². The Bertz CT molecular complexity index is 555. The first-order valence-corrected chi connectivity index (χ1v) is 8.10. The van der Waals surface area contributed by atoms with Gasteiger partial charge in [0.2, 0.25) is 0 Å². The molecule has 0 radical (unpaired) electrons. The van der Waals surface area contributed by atoms with Gasteiger partial charge >= 0.3 is 0 Å². The fourth-order valence-electron chi connectivity index (χ4n) is 3.07. The molecule has 2 atom stereocenters. The van der Waals surface area contributed by atoms with Gasteiger partial charge in [0.1, 0.15) is 5.75 Å². The van der Waals surface area contributed by atoms with Crippen LogP contribution in [0, 0.1) is 0 Å². The Balaban J connectivity index is 2.31. The summed E-state index contributed by atoms with van der Waals surface area (Å²) in [5.74, 6) is 0.959. The zero-order valence-corrected chi connectivity index (χ0v) is 14.2. The Hall–Kier alpha value is -1.77. The normalized spacial score (nSPS) is 21.0. The highest BCUT2D eigenvalue weighted by Gasteiger charge is 2.29. The molecule has 0 aromatic heterocycles. The van der Waals surface area contributed by atoms with Crippen LogP contribution < -0.4 is 9.64 Å². The molecule has 2 rings (SSSR count). The Morgan fingerprint density at radius 2 is 1.91 bits per heavy atom. The highest BCUT2D eigenvalue weighted by atomic mass is 16.5. The number of ether oxygens (including phenoxy) is 1. The van der Waals surface area contributed by atoms with Crippen molar-refractivity contribution in [3.05, 3.63) is 35.9 Å². The van der Waals surface area contributed by atoms with Gasteiger partial charge in [-0.2, -0.15) is 0 Å². The maximum absolute atomic E-state index is 11.7. The quantitative estimate of drug-likeness (QED) is 0.567. The predicted molar refractivity (Wildman–Crippen MR) is 92.0 cm³/mol. The smallest absolute Gasteiger partial charge is 0.159 e. The van der Waals surface area contributed by atoms with Gasteiger partial charge in [0.05, 0.1) is 12.3 Å². The van der Waals surface area contributed by atoms with Crippen molar-refractivity contribution in [2.45, 2.75) is 59.0 Å². The van der Waals surface area contributed by atoms with Crippen molar-refractivity contribution >= 4 is 11.5 Å². The van der Waals surface area contributed by atoms with Gasteiger partial charge in [0.25, 0.3) is 0 Å². The van der Waals surface area contributed by atoms with E-state index in [0.29, 0.717) is 18.7 Å². The van der Waals surface area contributed by atoms with Gasteiger partial charge in [-0.15, -0.1) is 6.58 Å². The van der Waals surface area contributed by atoms with Crippen molar-refractivity contribution < 1.29 is 9.53 Å². The van der Waals surface area contributed by atoms with Crippen LogP contribution in [0.25, 0.3) is 0 Å². The predicted octanol–water partition coefficient (Wildman–Crippen LogP) is 4.61. The third-order valence-corrected chi connectivity index (χ3v) is 4.38. The second kappa shape index (κ2) is 6.99. The Labute approximate surface area is 134 Å². The summed E-state index contributed by atoms with van der Waals surface area (Å²) in [6.45, 7) is 12.6. The first kappa shape index (κ1) is 16.6. The minimum atomic E-state index is 0.0919. The van der Waals surface area contributed by atoms with Gasteiger partial charge in [-0.3, -0.25) is 4.79 Å². The lowest BCUT2D eigenvalue weighted by atomic mass is 10.1. The van der Waals surface area contributed by atoms with Crippen molar-refractivity contribution in [2.75, 3.05) is 11.5 Å². The minimum absolute atomic E-state index is 0.0919. The topological polar surface area (TPSA) is 29.5 Å². The highest BCUT2D eigenvalue weighted by molar-refractivity contribution is 5.95. The molecule has 0 unspecified atom stereocenters. The molecule has 1 saturated heterocycles. The molecule has 0 saturated carbocycles. The molecule has 0 N–H and O–H groups in total. The van der Waals surface area contributed by atoms with Gasteiger partial charge in [-0.25, -0.2) is 0 Å². The molecule has 1 heterocycles. The summed E-state index contributed by atoms with van der Waals surface area (Å²) >= 11 is 0. The number of nitrogens with zero attached hydrogens (tertiary/aromatic N) is 1. The third kappa shape index (κ3) is 3.70. The van der Waals surface area contributed by atoms with Gasteiger partial charge < -0.3 is 9.64 Å². The molecule has 0 bridgehead atoms. The van der Waals surface area contributed by atoms with Crippen LogP contribution in [0.2, 0.25) is 0 Å². The van der Waals surface area contributed by atoms with Crippen LogP contribution in [0.5, 0.6) is 5.75 Å².